The van der Waals surface area contributed by atoms with Crippen LogP contribution in [0.4, 0.5) is 5.69 Å². The molecule has 0 fully saturated rings. The van der Waals surface area contributed by atoms with Crippen molar-refractivity contribution in [2.45, 2.75) is 33.4 Å². The minimum Gasteiger partial charge on any atom is -0.399 e. The van der Waals surface area contributed by atoms with Crippen LogP contribution in [0.3, 0.4) is 0 Å². The molecule has 92 valence electrons. The maximum atomic E-state index is 5.87. The minimum absolute atomic E-state index is 0.453. The molecule has 17 heavy (non-hydrogen) atoms. The van der Waals surface area contributed by atoms with E-state index in [9.17, 15) is 0 Å². The lowest BCUT2D eigenvalue weighted by molar-refractivity contribution is 0.618. The predicted octanol–water partition coefficient (Wildman–Crippen LogP) is 2.91. The Morgan fingerprint density at radius 1 is 1.35 bits per heavy atom. The van der Waals surface area contributed by atoms with Gasteiger partial charge in [0.1, 0.15) is 0 Å². The van der Waals surface area contributed by atoms with Gasteiger partial charge in [-0.1, -0.05) is 13.0 Å². The molecule has 2 rings (SSSR count). The molecule has 1 aromatic carbocycles. The van der Waals surface area contributed by atoms with Crippen LogP contribution < -0.4 is 11.1 Å². The van der Waals surface area contributed by atoms with Gasteiger partial charge in [-0.3, -0.25) is 0 Å². The van der Waals surface area contributed by atoms with Crippen molar-refractivity contribution in [2.75, 3.05) is 12.3 Å². The first-order chi connectivity index (χ1) is 8.13. The van der Waals surface area contributed by atoms with Gasteiger partial charge < -0.3 is 15.6 Å². The Morgan fingerprint density at radius 3 is 2.76 bits per heavy atom. The number of hydrogen-bond acceptors (Lipinski definition) is 2. The van der Waals surface area contributed by atoms with Crippen molar-refractivity contribution in [3.63, 3.8) is 0 Å². The Hall–Kier alpha value is -1.48. The van der Waals surface area contributed by atoms with E-state index in [4.69, 9.17) is 5.73 Å². The number of rotatable bonds is 4. The van der Waals surface area contributed by atoms with Crippen LogP contribution in [0.2, 0.25) is 0 Å². The van der Waals surface area contributed by atoms with Crippen LogP contribution in [0, 0.1) is 0 Å². The average Bonchev–Trinajstić information content (AvgIpc) is 2.64. The average molecular weight is 231 g/mol. The second kappa shape index (κ2) is 4.80. The summed E-state index contributed by atoms with van der Waals surface area (Å²) in [6, 6.07) is 6.61. The van der Waals surface area contributed by atoms with Crippen molar-refractivity contribution >= 4 is 16.6 Å². The SMILES string of the molecule is CCNCc1cn(C(C)C)c2cc(N)ccc12. The monoisotopic (exact) mass is 231 g/mol. The summed E-state index contributed by atoms with van der Waals surface area (Å²) >= 11 is 0. The number of nitrogens with zero attached hydrogens (tertiary/aromatic N) is 1. The zero-order valence-corrected chi connectivity index (χ0v) is 10.8. The van der Waals surface area contributed by atoms with E-state index in [1.807, 2.05) is 6.07 Å². The Balaban J connectivity index is 2.54. The summed E-state index contributed by atoms with van der Waals surface area (Å²) in [5, 5.41) is 4.68. The second-order valence-electron chi connectivity index (χ2n) is 4.71. The van der Waals surface area contributed by atoms with Gasteiger partial charge in [-0.2, -0.15) is 0 Å². The fourth-order valence-corrected chi connectivity index (χ4v) is 2.17. The Morgan fingerprint density at radius 2 is 2.12 bits per heavy atom. The van der Waals surface area contributed by atoms with Crippen LogP contribution in [0.15, 0.2) is 24.4 Å². The summed E-state index contributed by atoms with van der Waals surface area (Å²) < 4.78 is 2.29. The van der Waals surface area contributed by atoms with Crippen molar-refractivity contribution in [1.82, 2.24) is 9.88 Å². The van der Waals surface area contributed by atoms with Gasteiger partial charge in [-0.15, -0.1) is 0 Å². The van der Waals surface area contributed by atoms with Crippen molar-refractivity contribution < 1.29 is 0 Å². The highest BCUT2D eigenvalue weighted by molar-refractivity contribution is 5.86. The largest absolute Gasteiger partial charge is 0.399 e. The van der Waals surface area contributed by atoms with Gasteiger partial charge in [0.05, 0.1) is 5.52 Å². The van der Waals surface area contributed by atoms with Crippen molar-refractivity contribution in [3.05, 3.63) is 30.0 Å². The predicted molar refractivity (Wildman–Crippen MR) is 74.1 cm³/mol. The normalized spacial score (nSPS) is 11.5. The van der Waals surface area contributed by atoms with Crippen molar-refractivity contribution in [3.8, 4) is 0 Å². The van der Waals surface area contributed by atoms with Crippen LogP contribution in [0.1, 0.15) is 32.4 Å². The van der Waals surface area contributed by atoms with Gasteiger partial charge in [0.2, 0.25) is 0 Å². The molecule has 0 aliphatic carbocycles. The quantitative estimate of drug-likeness (QED) is 0.795. The molecular formula is C14H21N3. The number of aromatic nitrogens is 1. The summed E-state index contributed by atoms with van der Waals surface area (Å²) in [4.78, 5) is 0. The zero-order chi connectivity index (χ0) is 12.4. The van der Waals surface area contributed by atoms with E-state index < -0.39 is 0 Å². The molecule has 3 N–H and O–H groups in total. The highest BCUT2D eigenvalue weighted by Gasteiger charge is 2.10. The number of anilines is 1. The van der Waals surface area contributed by atoms with Gasteiger partial charge in [-0.05, 0) is 38.1 Å². The molecule has 0 aliphatic rings. The third-order valence-corrected chi connectivity index (χ3v) is 3.06. The highest BCUT2D eigenvalue weighted by atomic mass is 15.0. The molecule has 2 aromatic rings. The molecule has 1 heterocycles. The smallest absolute Gasteiger partial charge is 0.0506 e. The molecule has 0 spiro atoms. The summed E-state index contributed by atoms with van der Waals surface area (Å²) in [5.74, 6) is 0. The molecule has 0 saturated carbocycles. The van der Waals surface area contributed by atoms with E-state index in [-0.39, 0.29) is 0 Å². The number of nitrogens with two attached hydrogens (primary N) is 1. The molecule has 0 radical (unpaired) electrons. The molecule has 0 aliphatic heterocycles. The number of nitrogen functional groups attached to an aromatic ring is 1. The van der Waals surface area contributed by atoms with Crippen molar-refractivity contribution in [2.24, 2.45) is 0 Å². The summed E-state index contributed by atoms with van der Waals surface area (Å²) in [6.07, 6.45) is 2.23. The zero-order valence-electron chi connectivity index (χ0n) is 10.8. The maximum absolute atomic E-state index is 5.87. The fourth-order valence-electron chi connectivity index (χ4n) is 2.17. The number of nitrogens with one attached hydrogen (secondary N) is 1. The Kier molecular flexibility index (Phi) is 3.38. The first-order valence-corrected chi connectivity index (χ1v) is 6.23. The van der Waals surface area contributed by atoms with E-state index in [0.717, 1.165) is 18.8 Å². The molecule has 0 unspecified atom stereocenters. The fraction of sp³-hybridized carbons (Fsp3) is 0.429. The highest BCUT2D eigenvalue weighted by Crippen LogP contribution is 2.26. The Bertz CT molecular complexity index is 511. The van der Waals surface area contributed by atoms with E-state index in [2.05, 4.69) is 49.0 Å². The van der Waals surface area contributed by atoms with Crippen LogP contribution in [-0.2, 0) is 6.54 Å². The van der Waals surface area contributed by atoms with Crippen LogP contribution >= 0.6 is 0 Å². The molecule has 0 amide bonds. The second-order valence-corrected chi connectivity index (χ2v) is 4.71. The minimum atomic E-state index is 0.453. The van der Waals surface area contributed by atoms with Crippen LogP contribution in [0.5, 0.6) is 0 Å². The number of benzene rings is 1. The third-order valence-electron chi connectivity index (χ3n) is 3.06. The first-order valence-electron chi connectivity index (χ1n) is 6.23. The summed E-state index contributed by atoms with van der Waals surface area (Å²) in [7, 11) is 0. The lowest BCUT2D eigenvalue weighted by Crippen LogP contribution is -2.11. The first kappa shape index (κ1) is 12.0. The molecule has 1 aromatic heterocycles. The maximum Gasteiger partial charge on any atom is 0.0506 e. The van der Waals surface area contributed by atoms with E-state index in [0.29, 0.717) is 6.04 Å². The molecule has 0 bridgehead atoms. The van der Waals surface area contributed by atoms with E-state index >= 15 is 0 Å². The Labute approximate surface area is 103 Å². The molecule has 0 saturated heterocycles. The lowest BCUT2D eigenvalue weighted by atomic mass is 10.1. The van der Waals surface area contributed by atoms with Gasteiger partial charge in [0.25, 0.3) is 0 Å². The van der Waals surface area contributed by atoms with Crippen molar-refractivity contribution in [1.29, 1.82) is 0 Å². The van der Waals surface area contributed by atoms with Crippen LogP contribution in [-0.4, -0.2) is 11.1 Å². The molecule has 3 heteroatoms. The number of hydrogen-bond donors (Lipinski definition) is 2. The number of fused-ring (bicyclic) bond motifs is 1. The van der Waals surface area contributed by atoms with Gasteiger partial charge in [0, 0.05) is 29.9 Å². The van der Waals surface area contributed by atoms with Gasteiger partial charge >= 0.3 is 0 Å². The van der Waals surface area contributed by atoms with Gasteiger partial charge in [-0.25, -0.2) is 0 Å². The lowest BCUT2D eigenvalue weighted by Gasteiger charge is -2.09. The topological polar surface area (TPSA) is 43.0 Å². The summed E-state index contributed by atoms with van der Waals surface area (Å²) in [5.41, 5.74) is 9.27. The standard InChI is InChI=1S/C14H21N3/c1-4-16-8-11-9-17(10(2)3)14-7-12(15)5-6-13(11)14/h5-7,9-10,16H,4,8,15H2,1-3H3. The summed E-state index contributed by atoms with van der Waals surface area (Å²) in [6.45, 7) is 8.42. The molecular weight excluding hydrogens is 210 g/mol. The van der Waals surface area contributed by atoms with E-state index in [1.54, 1.807) is 0 Å². The van der Waals surface area contributed by atoms with Crippen LogP contribution in [0.25, 0.3) is 10.9 Å². The van der Waals surface area contributed by atoms with Gasteiger partial charge in [0.15, 0.2) is 0 Å². The molecule has 3 nitrogen and oxygen atoms in total. The molecule has 0 atom stereocenters. The van der Waals surface area contributed by atoms with E-state index in [1.165, 1.54) is 16.5 Å². The third kappa shape index (κ3) is 2.29.